The van der Waals surface area contributed by atoms with Crippen LogP contribution in [-0.4, -0.2) is 25.0 Å². The van der Waals surface area contributed by atoms with Crippen LogP contribution in [0.25, 0.3) is 0 Å². The lowest BCUT2D eigenvalue weighted by Gasteiger charge is -2.19. The summed E-state index contributed by atoms with van der Waals surface area (Å²) in [6.45, 7) is 2.63. The molecule has 0 aliphatic rings. The predicted octanol–water partition coefficient (Wildman–Crippen LogP) is 1.81. The molecular formula is C14H17NO5. The van der Waals surface area contributed by atoms with Crippen LogP contribution < -0.4 is 5.32 Å². The number of methoxy groups -OCH3 is 1. The minimum absolute atomic E-state index is 0.118. The first-order chi connectivity index (χ1) is 9.43. The molecule has 0 spiro atoms. The fraction of sp³-hybridized carbons (Fsp3) is 0.357. The standard InChI is InChI=1S/C14H17NO5/c1-9(16)15-12-7-5-4-6-11(12)13(20-10(2)17)8-14(18)19-3/h4-7,13H,8H2,1-3H3,(H,15,16). The van der Waals surface area contributed by atoms with Crippen molar-refractivity contribution in [2.24, 2.45) is 0 Å². The van der Waals surface area contributed by atoms with Crippen molar-refractivity contribution >= 4 is 23.5 Å². The molecule has 1 unspecified atom stereocenters. The van der Waals surface area contributed by atoms with Gasteiger partial charge in [-0.2, -0.15) is 0 Å². The van der Waals surface area contributed by atoms with Gasteiger partial charge in [0.25, 0.3) is 0 Å². The molecule has 0 saturated carbocycles. The van der Waals surface area contributed by atoms with Crippen molar-refractivity contribution in [2.45, 2.75) is 26.4 Å². The van der Waals surface area contributed by atoms with Gasteiger partial charge in [-0.15, -0.1) is 0 Å². The molecule has 1 N–H and O–H groups in total. The Kier molecular flexibility index (Phi) is 5.71. The molecule has 0 heterocycles. The van der Waals surface area contributed by atoms with E-state index >= 15 is 0 Å². The summed E-state index contributed by atoms with van der Waals surface area (Å²) in [5.41, 5.74) is 1.04. The van der Waals surface area contributed by atoms with Crippen molar-refractivity contribution < 1.29 is 23.9 Å². The third-order valence-corrected chi connectivity index (χ3v) is 2.51. The van der Waals surface area contributed by atoms with E-state index in [0.29, 0.717) is 11.3 Å². The van der Waals surface area contributed by atoms with Crippen molar-refractivity contribution in [1.29, 1.82) is 0 Å². The fourth-order valence-electron chi connectivity index (χ4n) is 1.73. The third-order valence-electron chi connectivity index (χ3n) is 2.51. The lowest BCUT2D eigenvalue weighted by Crippen LogP contribution is -2.17. The number of para-hydroxylation sites is 1. The van der Waals surface area contributed by atoms with Crippen LogP contribution in [0.15, 0.2) is 24.3 Å². The van der Waals surface area contributed by atoms with E-state index in [1.807, 2.05) is 0 Å². The first-order valence-electron chi connectivity index (χ1n) is 6.04. The number of ether oxygens (including phenoxy) is 2. The number of carbonyl (C=O) groups is 3. The van der Waals surface area contributed by atoms with Gasteiger partial charge in [0, 0.05) is 25.1 Å². The maximum absolute atomic E-state index is 11.4. The van der Waals surface area contributed by atoms with Crippen LogP contribution in [0, 0.1) is 0 Å². The highest BCUT2D eigenvalue weighted by atomic mass is 16.6. The van der Waals surface area contributed by atoms with Gasteiger partial charge in [-0.05, 0) is 6.07 Å². The summed E-state index contributed by atoms with van der Waals surface area (Å²) < 4.78 is 9.73. The monoisotopic (exact) mass is 279 g/mol. The fourth-order valence-corrected chi connectivity index (χ4v) is 1.73. The highest BCUT2D eigenvalue weighted by molar-refractivity contribution is 5.89. The van der Waals surface area contributed by atoms with Gasteiger partial charge in [0.2, 0.25) is 5.91 Å². The molecule has 0 aliphatic heterocycles. The van der Waals surface area contributed by atoms with E-state index in [1.54, 1.807) is 24.3 Å². The van der Waals surface area contributed by atoms with Gasteiger partial charge in [0.1, 0.15) is 6.10 Å². The molecule has 0 bridgehead atoms. The average molecular weight is 279 g/mol. The van der Waals surface area contributed by atoms with Gasteiger partial charge in [-0.25, -0.2) is 0 Å². The number of nitrogens with one attached hydrogen (secondary N) is 1. The minimum atomic E-state index is -0.803. The molecule has 1 aromatic rings. The summed E-state index contributed by atoms with van der Waals surface area (Å²) in [5.74, 6) is -1.28. The number of esters is 2. The van der Waals surface area contributed by atoms with Gasteiger partial charge < -0.3 is 14.8 Å². The minimum Gasteiger partial charge on any atom is -0.469 e. The first kappa shape index (κ1) is 15.7. The Hall–Kier alpha value is -2.37. The lowest BCUT2D eigenvalue weighted by molar-refractivity contribution is -0.152. The van der Waals surface area contributed by atoms with Crippen LogP contribution in [0.3, 0.4) is 0 Å². The third kappa shape index (κ3) is 4.72. The molecule has 0 fully saturated rings. The van der Waals surface area contributed by atoms with E-state index in [4.69, 9.17) is 4.74 Å². The molecule has 108 valence electrons. The second-order valence-corrected chi connectivity index (χ2v) is 4.15. The maximum atomic E-state index is 11.4. The van der Waals surface area contributed by atoms with Crippen LogP contribution in [0.1, 0.15) is 31.9 Å². The Morgan fingerprint density at radius 1 is 1.20 bits per heavy atom. The maximum Gasteiger partial charge on any atom is 0.309 e. The molecule has 1 aromatic carbocycles. The highest BCUT2D eigenvalue weighted by Gasteiger charge is 2.22. The number of anilines is 1. The van der Waals surface area contributed by atoms with E-state index in [-0.39, 0.29) is 12.3 Å². The number of benzene rings is 1. The van der Waals surface area contributed by atoms with Crippen molar-refractivity contribution in [2.75, 3.05) is 12.4 Å². The SMILES string of the molecule is COC(=O)CC(OC(C)=O)c1ccccc1NC(C)=O. The highest BCUT2D eigenvalue weighted by Crippen LogP contribution is 2.28. The number of hydrogen-bond acceptors (Lipinski definition) is 5. The Morgan fingerprint density at radius 3 is 2.40 bits per heavy atom. The summed E-state index contributed by atoms with van der Waals surface area (Å²) in [6.07, 6.45) is -0.921. The van der Waals surface area contributed by atoms with Crippen LogP contribution in [0.5, 0.6) is 0 Å². The van der Waals surface area contributed by atoms with E-state index in [2.05, 4.69) is 10.1 Å². The van der Waals surface area contributed by atoms with E-state index < -0.39 is 18.0 Å². The zero-order valence-corrected chi connectivity index (χ0v) is 11.6. The normalized spacial score (nSPS) is 11.3. The number of rotatable bonds is 5. The largest absolute Gasteiger partial charge is 0.469 e. The number of amides is 1. The van der Waals surface area contributed by atoms with Gasteiger partial charge in [-0.3, -0.25) is 14.4 Å². The van der Waals surface area contributed by atoms with Crippen LogP contribution in [0.4, 0.5) is 5.69 Å². The Balaban J connectivity index is 3.08. The summed E-state index contributed by atoms with van der Waals surface area (Å²) in [5, 5.41) is 2.64. The van der Waals surface area contributed by atoms with Crippen molar-refractivity contribution in [3.05, 3.63) is 29.8 Å². The summed E-state index contributed by atoms with van der Waals surface area (Å²) in [6, 6.07) is 6.82. The molecule has 0 aliphatic carbocycles. The van der Waals surface area contributed by atoms with Crippen LogP contribution in [-0.2, 0) is 23.9 Å². The molecule has 1 atom stereocenters. The molecule has 1 amide bonds. The molecule has 0 aromatic heterocycles. The number of hydrogen-bond donors (Lipinski definition) is 1. The summed E-state index contributed by atoms with van der Waals surface area (Å²) >= 11 is 0. The van der Waals surface area contributed by atoms with E-state index in [9.17, 15) is 14.4 Å². The Morgan fingerprint density at radius 2 is 1.85 bits per heavy atom. The molecule has 20 heavy (non-hydrogen) atoms. The zero-order valence-electron chi connectivity index (χ0n) is 11.6. The summed E-state index contributed by atoms with van der Waals surface area (Å²) in [7, 11) is 1.26. The number of carbonyl (C=O) groups excluding carboxylic acids is 3. The smallest absolute Gasteiger partial charge is 0.309 e. The molecule has 1 rings (SSSR count). The van der Waals surface area contributed by atoms with Gasteiger partial charge in [-0.1, -0.05) is 18.2 Å². The summed E-state index contributed by atoms with van der Waals surface area (Å²) in [4.78, 5) is 33.8. The van der Waals surface area contributed by atoms with Gasteiger partial charge in [0.05, 0.1) is 13.5 Å². The van der Waals surface area contributed by atoms with E-state index in [0.717, 1.165) is 0 Å². The Labute approximate surface area is 117 Å². The Bertz CT molecular complexity index is 512. The van der Waals surface area contributed by atoms with E-state index in [1.165, 1.54) is 21.0 Å². The molecular weight excluding hydrogens is 262 g/mol. The van der Waals surface area contributed by atoms with Gasteiger partial charge >= 0.3 is 11.9 Å². The topological polar surface area (TPSA) is 81.7 Å². The molecule has 0 saturated heterocycles. The second-order valence-electron chi connectivity index (χ2n) is 4.15. The lowest BCUT2D eigenvalue weighted by atomic mass is 10.0. The van der Waals surface area contributed by atoms with Crippen molar-refractivity contribution in [1.82, 2.24) is 0 Å². The molecule has 6 nitrogen and oxygen atoms in total. The zero-order chi connectivity index (χ0) is 15.1. The van der Waals surface area contributed by atoms with Crippen molar-refractivity contribution in [3.63, 3.8) is 0 Å². The molecule has 6 heteroatoms. The van der Waals surface area contributed by atoms with Gasteiger partial charge in [0.15, 0.2) is 0 Å². The average Bonchev–Trinajstić information content (AvgIpc) is 2.37. The van der Waals surface area contributed by atoms with Crippen LogP contribution >= 0.6 is 0 Å². The second kappa shape index (κ2) is 7.28. The predicted molar refractivity (Wildman–Crippen MR) is 71.9 cm³/mol. The molecule has 0 radical (unpaired) electrons. The van der Waals surface area contributed by atoms with Crippen LogP contribution in [0.2, 0.25) is 0 Å². The first-order valence-corrected chi connectivity index (χ1v) is 6.04. The van der Waals surface area contributed by atoms with Crippen molar-refractivity contribution in [3.8, 4) is 0 Å². The quantitative estimate of drug-likeness (QED) is 0.831.